The molecule has 2 fully saturated rings. The molecule has 1 unspecified atom stereocenters. The van der Waals surface area contributed by atoms with Gasteiger partial charge >= 0.3 is 0 Å². The van der Waals surface area contributed by atoms with Crippen LogP contribution in [0.2, 0.25) is 0 Å². The normalized spacial score (nSPS) is 26.3. The fourth-order valence-corrected chi connectivity index (χ4v) is 6.24. The lowest BCUT2D eigenvalue weighted by atomic mass is 10.2. The molecular formula is C20H24N8S2. The Hall–Kier alpha value is -2.14. The first kappa shape index (κ1) is 18.6. The van der Waals surface area contributed by atoms with Crippen molar-refractivity contribution in [2.45, 2.75) is 43.8 Å². The van der Waals surface area contributed by atoms with Crippen LogP contribution < -0.4 is 16.0 Å². The monoisotopic (exact) mass is 440 g/mol. The highest BCUT2D eigenvalue weighted by molar-refractivity contribution is 7.23. The van der Waals surface area contributed by atoms with Gasteiger partial charge < -0.3 is 20.9 Å². The van der Waals surface area contributed by atoms with Gasteiger partial charge in [0.2, 0.25) is 0 Å². The van der Waals surface area contributed by atoms with E-state index in [-0.39, 0.29) is 6.04 Å². The maximum atomic E-state index is 4.72. The van der Waals surface area contributed by atoms with Crippen LogP contribution in [0.1, 0.15) is 48.6 Å². The molecular weight excluding hydrogens is 416 g/mol. The number of imidazole rings is 1. The highest BCUT2D eigenvalue weighted by atomic mass is 32.1. The molecule has 6 rings (SSSR count). The van der Waals surface area contributed by atoms with E-state index in [2.05, 4.69) is 35.9 Å². The Kier molecular flexibility index (Phi) is 4.87. The van der Waals surface area contributed by atoms with Crippen molar-refractivity contribution in [1.82, 2.24) is 35.9 Å². The molecule has 0 radical (unpaired) electrons. The van der Waals surface area contributed by atoms with Gasteiger partial charge in [-0.15, -0.1) is 22.7 Å². The number of rotatable bonds is 5. The van der Waals surface area contributed by atoms with Gasteiger partial charge in [-0.05, 0) is 38.8 Å². The molecule has 3 aliphatic rings. The summed E-state index contributed by atoms with van der Waals surface area (Å²) in [5.74, 6) is 2.11. The summed E-state index contributed by atoms with van der Waals surface area (Å²) in [5, 5.41) is 12.6. The van der Waals surface area contributed by atoms with E-state index < -0.39 is 0 Å². The van der Waals surface area contributed by atoms with Crippen LogP contribution >= 0.6 is 22.7 Å². The quantitative estimate of drug-likeness (QED) is 0.487. The summed E-state index contributed by atoms with van der Waals surface area (Å²) in [6.07, 6.45) is 10.5. The minimum Gasteiger partial charge on any atom is -0.361 e. The number of thiazole rings is 2. The Labute approximate surface area is 182 Å². The first-order valence-corrected chi connectivity index (χ1v) is 12.2. The fraction of sp³-hybridized carbons (Fsp3) is 0.500. The largest absolute Gasteiger partial charge is 0.361 e. The van der Waals surface area contributed by atoms with Gasteiger partial charge in [0.15, 0.2) is 0 Å². The van der Waals surface area contributed by atoms with E-state index in [0.717, 1.165) is 69.6 Å². The number of aromatic amines is 1. The molecule has 4 N–H and O–H groups in total. The maximum absolute atomic E-state index is 4.72. The molecule has 3 atom stereocenters. The smallest absolute Gasteiger partial charge is 0.141 e. The zero-order chi connectivity index (χ0) is 19.9. The average Bonchev–Trinajstić information content (AvgIpc) is 3.62. The lowest BCUT2D eigenvalue weighted by Gasteiger charge is -2.13. The number of hydrogen-bond acceptors (Lipinski definition) is 9. The van der Waals surface area contributed by atoms with Crippen LogP contribution in [0.25, 0.3) is 20.5 Å². The van der Waals surface area contributed by atoms with E-state index in [9.17, 15) is 0 Å². The van der Waals surface area contributed by atoms with Crippen LogP contribution in [0, 0.1) is 0 Å². The summed E-state index contributed by atoms with van der Waals surface area (Å²) in [6.45, 7) is 2.91. The number of aliphatic imine (C=N–C) groups is 1. The lowest BCUT2D eigenvalue weighted by molar-refractivity contribution is 0.613. The molecule has 2 saturated heterocycles. The van der Waals surface area contributed by atoms with Crippen molar-refractivity contribution in [3.63, 3.8) is 0 Å². The van der Waals surface area contributed by atoms with Crippen molar-refractivity contribution in [3.05, 3.63) is 29.4 Å². The summed E-state index contributed by atoms with van der Waals surface area (Å²) in [6, 6.07) is 0.910. The van der Waals surface area contributed by atoms with Gasteiger partial charge in [-0.3, -0.25) is 4.99 Å². The summed E-state index contributed by atoms with van der Waals surface area (Å²) in [5.41, 5.74) is 0.985. The van der Waals surface area contributed by atoms with Gasteiger partial charge in [-0.1, -0.05) is 0 Å². The third-order valence-corrected chi connectivity index (χ3v) is 8.28. The second-order valence-corrected chi connectivity index (χ2v) is 10.1. The molecule has 8 nitrogen and oxygen atoms in total. The zero-order valence-electron chi connectivity index (χ0n) is 16.5. The first-order chi connectivity index (χ1) is 14.8. The Bertz CT molecular complexity index is 1050. The van der Waals surface area contributed by atoms with Gasteiger partial charge in [0.05, 0.1) is 46.3 Å². The Morgan fingerprint density at radius 3 is 2.47 bits per heavy atom. The maximum Gasteiger partial charge on any atom is 0.141 e. The lowest BCUT2D eigenvalue weighted by Crippen LogP contribution is -2.38. The van der Waals surface area contributed by atoms with Crippen LogP contribution in [-0.2, 0) is 0 Å². The molecule has 0 aromatic carbocycles. The number of nitrogens with zero attached hydrogens (tertiary/aromatic N) is 4. The van der Waals surface area contributed by atoms with Crippen molar-refractivity contribution in [2.24, 2.45) is 4.99 Å². The number of nitrogens with one attached hydrogen (secondary N) is 4. The topological polar surface area (TPSA) is 103 Å². The molecule has 3 aromatic rings. The number of amidine groups is 1. The van der Waals surface area contributed by atoms with Gasteiger partial charge in [-0.2, -0.15) is 0 Å². The summed E-state index contributed by atoms with van der Waals surface area (Å²) >= 11 is 3.41. The average molecular weight is 441 g/mol. The van der Waals surface area contributed by atoms with Crippen molar-refractivity contribution < 1.29 is 0 Å². The Morgan fingerprint density at radius 1 is 0.833 bits per heavy atom. The molecule has 0 bridgehead atoms. The summed E-state index contributed by atoms with van der Waals surface area (Å²) in [7, 11) is 0. The van der Waals surface area contributed by atoms with Crippen LogP contribution in [0.4, 0.5) is 0 Å². The van der Waals surface area contributed by atoms with E-state index in [1.54, 1.807) is 22.7 Å². The van der Waals surface area contributed by atoms with E-state index in [1.807, 2.05) is 18.6 Å². The van der Waals surface area contributed by atoms with E-state index in [1.165, 1.54) is 12.8 Å². The minimum atomic E-state index is 0.183. The predicted octanol–water partition coefficient (Wildman–Crippen LogP) is 2.88. The highest BCUT2D eigenvalue weighted by Gasteiger charge is 2.29. The first-order valence-electron chi connectivity index (χ1n) is 10.6. The van der Waals surface area contributed by atoms with Gasteiger partial charge in [0.1, 0.15) is 21.7 Å². The summed E-state index contributed by atoms with van der Waals surface area (Å²) in [4.78, 5) is 24.3. The van der Waals surface area contributed by atoms with Crippen LogP contribution in [0.5, 0.6) is 0 Å². The van der Waals surface area contributed by atoms with E-state index >= 15 is 0 Å². The third-order valence-electron chi connectivity index (χ3n) is 5.94. The van der Waals surface area contributed by atoms with Crippen molar-refractivity contribution in [1.29, 1.82) is 0 Å². The SMILES string of the molecule is c1nc([C@@H]2CCCN2)[nH]c1-c1ncc(-c2cnc(C3CN=C([C@@H]4CCCN4)N3)s2)s1. The second-order valence-electron chi connectivity index (χ2n) is 8.00. The number of aromatic nitrogens is 4. The molecule has 3 aliphatic heterocycles. The van der Waals surface area contributed by atoms with Crippen LogP contribution in [0.15, 0.2) is 23.6 Å². The second kappa shape index (κ2) is 7.84. The molecule has 30 heavy (non-hydrogen) atoms. The molecule has 156 valence electrons. The molecule has 0 saturated carbocycles. The fourth-order valence-electron chi connectivity index (χ4n) is 4.34. The van der Waals surface area contributed by atoms with Gasteiger partial charge in [-0.25, -0.2) is 15.0 Å². The Morgan fingerprint density at radius 2 is 1.63 bits per heavy atom. The molecule has 6 heterocycles. The molecule has 0 spiro atoms. The number of H-pyrrole nitrogens is 1. The van der Waals surface area contributed by atoms with Crippen LogP contribution in [0.3, 0.4) is 0 Å². The molecule has 0 amide bonds. The third kappa shape index (κ3) is 3.47. The Balaban J connectivity index is 1.15. The highest BCUT2D eigenvalue weighted by Crippen LogP contribution is 2.36. The van der Waals surface area contributed by atoms with Gasteiger partial charge in [0, 0.05) is 12.4 Å². The van der Waals surface area contributed by atoms with Crippen molar-refractivity contribution in [2.75, 3.05) is 19.6 Å². The van der Waals surface area contributed by atoms with Gasteiger partial charge in [0.25, 0.3) is 0 Å². The van der Waals surface area contributed by atoms with Crippen molar-refractivity contribution in [3.8, 4) is 20.5 Å². The molecule has 10 heteroatoms. The summed E-state index contributed by atoms with van der Waals surface area (Å²) < 4.78 is 0. The van der Waals surface area contributed by atoms with Crippen molar-refractivity contribution >= 4 is 28.5 Å². The predicted molar refractivity (Wildman–Crippen MR) is 120 cm³/mol. The molecule has 3 aromatic heterocycles. The standard InChI is InChI=1S/C20H24N8S2/c1-3-11(21-5-1)17-23-7-13(27-17)19-25-9-15(29-19)16-10-26-20(30-16)14-8-24-18(28-14)12-4-2-6-22-12/h7,9-12,14,21-22H,1-6,8H2,(H,23,27)(H,24,28)/t11-,12-,14?/m0/s1. The zero-order valence-corrected chi connectivity index (χ0v) is 18.2. The minimum absolute atomic E-state index is 0.183. The van der Waals surface area contributed by atoms with E-state index in [4.69, 9.17) is 4.99 Å². The van der Waals surface area contributed by atoms with E-state index in [0.29, 0.717) is 12.1 Å². The number of hydrogen-bond donors (Lipinski definition) is 4. The van der Waals surface area contributed by atoms with Crippen LogP contribution in [-0.4, -0.2) is 51.4 Å². The molecule has 0 aliphatic carbocycles.